The number of likely N-dealkylation sites (tertiary alicyclic amines) is 1. The molecule has 2 heterocycles. The Balaban J connectivity index is 1.56. The summed E-state index contributed by atoms with van der Waals surface area (Å²) in [7, 11) is 0. The third-order valence-electron chi connectivity index (χ3n) is 3.70. The summed E-state index contributed by atoms with van der Waals surface area (Å²) in [6.07, 6.45) is 3.80. The van der Waals surface area contributed by atoms with Gasteiger partial charge in [-0.15, -0.1) is 0 Å². The molecule has 1 spiro atoms. The Bertz CT molecular complexity index is 182. The van der Waals surface area contributed by atoms with Crippen LogP contribution in [0.3, 0.4) is 0 Å². The largest absolute Gasteiger partial charge is 0.381 e. The minimum absolute atomic E-state index is 0.642. The van der Waals surface area contributed by atoms with E-state index in [1.807, 2.05) is 0 Å². The summed E-state index contributed by atoms with van der Waals surface area (Å²) in [5, 5.41) is 3.46. The first-order valence-corrected chi connectivity index (χ1v) is 6.35. The molecule has 0 atom stereocenters. The molecule has 0 unspecified atom stereocenters. The van der Waals surface area contributed by atoms with Gasteiger partial charge in [0.2, 0.25) is 0 Å². The van der Waals surface area contributed by atoms with E-state index in [2.05, 4.69) is 17.1 Å². The SMILES string of the molecule is CCCNCCN1CC2(CCOCC2)C1. The van der Waals surface area contributed by atoms with Gasteiger partial charge in [-0.2, -0.15) is 0 Å². The van der Waals surface area contributed by atoms with E-state index in [4.69, 9.17) is 4.74 Å². The monoisotopic (exact) mass is 212 g/mol. The predicted octanol–water partition coefficient (Wildman–Crippen LogP) is 1.10. The summed E-state index contributed by atoms with van der Waals surface area (Å²) >= 11 is 0. The fraction of sp³-hybridized carbons (Fsp3) is 1.00. The van der Waals surface area contributed by atoms with Crippen molar-refractivity contribution >= 4 is 0 Å². The summed E-state index contributed by atoms with van der Waals surface area (Å²) in [6.45, 7) is 10.3. The second-order valence-electron chi connectivity index (χ2n) is 5.07. The van der Waals surface area contributed by atoms with Gasteiger partial charge in [0.05, 0.1) is 0 Å². The molecule has 0 saturated carbocycles. The van der Waals surface area contributed by atoms with E-state index >= 15 is 0 Å². The van der Waals surface area contributed by atoms with Crippen molar-refractivity contribution in [3.05, 3.63) is 0 Å². The van der Waals surface area contributed by atoms with Crippen molar-refractivity contribution < 1.29 is 4.74 Å². The number of nitrogens with zero attached hydrogens (tertiary/aromatic N) is 1. The Labute approximate surface area is 93.2 Å². The lowest BCUT2D eigenvalue weighted by Crippen LogP contribution is -2.59. The van der Waals surface area contributed by atoms with E-state index in [0.29, 0.717) is 5.41 Å². The van der Waals surface area contributed by atoms with Crippen molar-refractivity contribution in [2.45, 2.75) is 26.2 Å². The van der Waals surface area contributed by atoms with Crippen LogP contribution in [0.2, 0.25) is 0 Å². The zero-order valence-corrected chi connectivity index (χ0v) is 9.93. The first kappa shape index (κ1) is 11.4. The number of hydrogen-bond acceptors (Lipinski definition) is 3. The zero-order chi connectivity index (χ0) is 10.6. The molecule has 0 aliphatic carbocycles. The molecule has 2 fully saturated rings. The second-order valence-corrected chi connectivity index (χ2v) is 5.07. The third kappa shape index (κ3) is 2.92. The first-order chi connectivity index (χ1) is 7.35. The van der Waals surface area contributed by atoms with Crippen LogP contribution in [0, 0.1) is 5.41 Å². The van der Waals surface area contributed by atoms with E-state index < -0.39 is 0 Å². The van der Waals surface area contributed by atoms with Crippen LogP contribution in [0.4, 0.5) is 0 Å². The lowest BCUT2D eigenvalue weighted by atomic mass is 9.73. The summed E-state index contributed by atoms with van der Waals surface area (Å²) < 4.78 is 5.42. The lowest BCUT2D eigenvalue weighted by molar-refractivity contribution is -0.0796. The van der Waals surface area contributed by atoms with Crippen LogP contribution in [0.5, 0.6) is 0 Å². The van der Waals surface area contributed by atoms with Gasteiger partial charge in [-0.1, -0.05) is 6.92 Å². The molecule has 0 aromatic rings. The van der Waals surface area contributed by atoms with Gasteiger partial charge in [-0.25, -0.2) is 0 Å². The van der Waals surface area contributed by atoms with Gasteiger partial charge in [-0.05, 0) is 25.8 Å². The van der Waals surface area contributed by atoms with Gasteiger partial charge in [0, 0.05) is 44.8 Å². The van der Waals surface area contributed by atoms with E-state index in [1.54, 1.807) is 0 Å². The van der Waals surface area contributed by atoms with Gasteiger partial charge in [0.1, 0.15) is 0 Å². The maximum Gasteiger partial charge on any atom is 0.0472 e. The summed E-state index contributed by atoms with van der Waals surface area (Å²) in [5.74, 6) is 0. The second kappa shape index (κ2) is 5.28. The topological polar surface area (TPSA) is 24.5 Å². The third-order valence-corrected chi connectivity index (χ3v) is 3.70. The van der Waals surface area contributed by atoms with Crippen molar-refractivity contribution in [2.75, 3.05) is 45.9 Å². The maximum absolute atomic E-state index is 5.42. The molecule has 0 aromatic heterocycles. The molecule has 2 aliphatic heterocycles. The highest BCUT2D eigenvalue weighted by Gasteiger charge is 2.43. The molecular weight excluding hydrogens is 188 g/mol. The molecule has 2 aliphatic rings. The van der Waals surface area contributed by atoms with Gasteiger partial charge in [0.15, 0.2) is 0 Å². The Kier molecular flexibility index (Phi) is 4.00. The van der Waals surface area contributed by atoms with Crippen LogP contribution < -0.4 is 5.32 Å². The quantitative estimate of drug-likeness (QED) is 0.691. The fourth-order valence-corrected chi connectivity index (χ4v) is 2.72. The smallest absolute Gasteiger partial charge is 0.0472 e. The highest BCUT2D eigenvalue weighted by atomic mass is 16.5. The standard InChI is InChI=1S/C12H24N2O/c1-2-5-13-6-7-14-10-12(11-14)3-8-15-9-4-12/h13H,2-11H2,1H3. The predicted molar refractivity (Wildman–Crippen MR) is 62.1 cm³/mol. The Morgan fingerprint density at radius 1 is 1.20 bits per heavy atom. The van der Waals surface area contributed by atoms with Crippen LogP contribution in [-0.2, 0) is 4.74 Å². The number of hydrogen-bond donors (Lipinski definition) is 1. The average Bonchev–Trinajstić information content (AvgIpc) is 2.23. The first-order valence-electron chi connectivity index (χ1n) is 6.35. The Hall–Kier alpha value is -0.120. The van der Waals surface area contributed by atoms with Crippen LogP contribution in [0.1, 0.15) is 26.2 Å². The van der Waals surface area contributed by atoms with Crippen LogP contribution in [0.15, 0.2) is 0 Å². The summed E-state index contributed by atoms with van der Waals surface area (Å²) in [5.41, 5.74) is 0.642. The van der Waals surface area contributed by atoms with Crippen LogP contribution >= 0.6 is 0 Å². The normalized spacial score (nSPS) is 25.4. The molecule has 15 heavy (non-hydrogen) atoms. The van der Waals surface area contributed by atoms with Gasteiger partial charge >= 0.3 is 0 Å². The van der Waals surface area contributed by atoms with Crippen LogP contribution in [0.25, 0.3) is 0 Å². The van der Waals surface area contributed by atoms with E-state index in [1.165, 1.54) is 38.9 Å². The zero-order valence-electron chi connectivity index (χ0n) is 9.93. The number of nitrogens with one attached hydrogen (secondary N) is 1. The number of ether oxygens (including phenoxy) is 1. The molecular formula is C12H24N2O. The van der Waals surface area contributed by atoms with E-state index in [0.717, 1.165) is 26.3 Å². The Morgan fingerprint density at radius 2 is 1.93 bits per heavy atom. The highest BCUT2D eigenvalue weighted by molar-refractivity contribution is 4.96. The van der Waals surface area contributed by atoms with Gasteiger partial charge in [0.25, 0.3) is 0 Å². The lowest BCUT2D eigenvalue weighted by Gasteiger charge is -2.52. The van der Waals surface area contributed by atoms with Crippen LogP contribution in [-0.4, -0.2) is 50.8 Å². The molecule has 1 N–H and O–H groups in total. The van der Waals surface area contributed by atoms with Crippen molar-refractivity contribution in [3.8, 4) is 0 Å². The molecule has 2 rings (SSSR count). The molecule has 0 bridgehead atoms. The van der Waals surface area contributed by atoms with Crippen molar-refractivity contribution in [1.82, 2.24) is 10.2 Å². The van der Waals surface area contributed by atoms with E-state index in [-0.39, 0.29) is 0 Å². The molecule has 88 valence electrons. The molecule has 0 aromatic carbocycles. The number of rotatable bonds is 5. The summed E-state index contributed by atoms with van der Waals surface area (Å²) in [6, 6.07) is 0. The molecule has 2 saturated heterocycles. The van der Waals surface area contributed by atoms with Gasteiger partial charge in [-0.3, -0.25) is 0 Å². The van der Waals surface area contributed by atoms with E-state index in [9.17, 15) is 0 Å². The van der Waals surface area contributed by atoms with Gasteiger partial charge < -0.3 is 15.0 Å². The highest BCUT2D eigenvalue weighted by Crippen LogP contribution is 2.39. The molecule has 0 amide bonds. The minimum atomic E-state index is 0.642. The van der Waals surface area contributed by atoms with Crippen molar-refractivity contribution in [3.63, 3.8) is 0 Å². The van der Waals surface area contributed by atoms with Crippen molar-refractivity contribution in [1.29, 1.82) is 0 Å². The maximum atomic E-state index is 5.42. The molecule has 0 radical (unpaired) electrons. The molecule has 3 heteroatoms. The van der Waals surface area contributed by atoms with Crippen molar-refractivity contribution in [2.24, 2.45) is 5.41 Å². The molecule has 3 nitrogen and oxygen atoms in total. The average molecular weight is 212 g/mol. The Morgan fingerprint density at radius 3 is 2.60 bits per heavy atom. The fourth-order valence-electron chi connectivity index (χ4n) is 2.72. The summed E-state index contributed by atoms with van der Waals surface area (Å²) in [4.78, 5) is 2.58. The minimum Gasteiger partial charge on any atom is -0.381 e.